The van der Waals surface area contributed by atoms with Crippen LogP contribution in [-0.4, -0.2) is 59.2 Å². The Balaban J connectivity index is 1.23. The summed E-state index contributed by atoms with van der Waals surface area (Å²) in [6, 6.07) is 18.2. The molecule has 35 heavy (non-hydrogen) atoms. The number of fused-ring (bicyclic) bond motifs is 4. The number of oxazole rings is 1. The van der Waals surface area contributed by atoms with Crippen LogP contribution in [0.15, 0.2) is 59.0 Å². The minimum absolute atomic E-state index is 0.0535. The first kappa shape index (κ1) is 22.7. The maximum Gasteiger partial charge on any atom is 0.331 e. The van der Waals surface area contributed by atoms with Gasteiger partial charge in [-0.3, -0.25) is 4.90 Å². The van der Waals surface area contributed by atoms with E-state index in [0.29, 0.717) is 5.92 Å². The first-order valence-electron chi connectivity index (χ1n) is 13.3. The molecule has 2 atom stereocenters. The van der Waals surface area contributed by atoms with Gasteiger partial charge in [0.15, 0.2) is 18.2 Å². The topological polar surface area (TPSA) is 55.6 Å². The number of piperidine rings is 4. The van der Waals surface area contributed by atoms with Gasteiger partial charge < -0.3 is 13.6 Å². The quantitative estimate of drug-likeness (QED) is 0.376. The molecule has 0 unspecified atom stereocenters. The summed E-state index contributed by atoms with van der Waals surface area (Å²) in [5, 5.41) is 0. The van der Waals surface area contributed by atoms with E-state index in [1.54, 1.807) is 0 Å². The van der Waals surface area contributed by atoms with Crippen LogP contribution in [-0.2, 0) is 21.6 Å². The van der Waals surface area contributed by atoms with E-state index in [0.717, 1.165) is 92.0 Å². The van der Waals surface area contributed by atoms with Crippen LogP contribution in [0.25, 0.3) is 11.1 Å². The number of para-hydroxylation sites is 2. The molecule has 1 aromatic heterocycles. The predicted molar refractivity (Wildman–Crippen MR) is 134 cm³/mol. The van der Waals surface area contributed by atoms with E-state index >= 15 is 0 Å². The van der Waals surface area contributed by atoms with Gasteiger partial charge in [-0.2, -0.15) is 0 Å². The molecule has 2 bridgehead atoms. The van der Waals surface area contributed by atoms with E-state index < -0.39 is 5.54 Å². The number of hydrogen-bond donors (Lipinski definition) is 0. The summed E-state index contributed by atoms with van der Waals surface area (Å²) in [7, 11) is 0. The van der Waals surface area contributed by atoms with Gasteiger partial charge >= 0.3 is 5.97 Å². The molecule has 2 aromatic carbocycles. The third-order valence-corrected chi connectivity index (χ3v) is 8.83. The molecule has 4 aliphatic heterocycles. The van der Waals surface area contributed by atoms with Gasteiger partial charge in [0, 0.05) is 18.8 Å². The predicted octanol–water partition coefficient (Wildman–Crippen LogP) is 4.88. The van der Waals surface area contributed by atoms with Crippen LogP contribution in [0.4, 0.5) is 0 Å². The van der Waals surface area contributed by atoms with Gasteiger partial charge in [-0.1, -0.05) is 48.9 Å². The number of aromatic nitrogens is 1. The Morgan fingerprint density at radius 3 is 2.51 bits per heavy atom. The van der Waals surface area contributed by atoms with Crippen molar-refractivity contribution in [3.05, 3.63) is 66.1 Å². The van der Waals surface area contributed by atoms with Crippen LogP contribution < -0.4 is 0 Å². The van der Waals surface area contributed by atoms with Crippen molar-refractivity contribution in [3.63, 3.8) is 0 Å². The summed E-state index contributed by atoms with van der Waals surface area (Å²) in [6.07, 6.45) is 5.62. The number of carbonyl (C=O) groups excluding carboxylic acids is 1. The van der Waals surface area contributed by atoms with E-state index in [1.807, 2.05) is 42.5 Å². The number of nitrogens with zero attached hydrogens (tertiary/aromatic N) is 3. The number of hydrogen-bond acceptors (Lipinski definition) is 5. The summed E-state index contributed by atoms with van der Waals surface area (Å²) < 4.78 is 13.4. The molecule has 0 amide bonds. The molecule has 0 spiro atoms. The molecule has 5 heterocycles. The Morgan fingerprint density at radius 1 is 1.06 bits per heavy atom. The average Bonchev–Trinajstić information content (AvgIpc) is 3.31. The molecule has 0 saturated carbocycles. The van der Waals surface area contributed by atoms with Crippen molar-refractivity contribution in [2.45, 2.75) is 57.2 Å². The maximum atomic E-state index is 14.0. The lowest BCUT2D eigenvalue weighted by Gasteiger charge is -2.52. The first-order valence-corrected chi connectivity index (χ1v) is 13.3. The van der Waals surface area contributed by atoms with Crippen molar-refractivity contribution in [3.8, 4) is 0 Å². The van der Waals surface area contributed by atoms with Crippen LogP contribution in [0.2, 0.25) is 0 Å². The fourth-order valence-electron chi connectivity index (χ4n) is 6.64. The molecule has 4 aliphatic rings. The van der Waals surface area contributed by atoms with Crippen LogP contribution in [0, 0.1) is 5.92 Å². The third-order valence-electron chi connectivity index (χ3n) is 8.83. The number of ether oxygens (including phenoxy) is 1. The van der Waals surface area contributed by atoms with Gasteiger partial charge in [-0.25, -0.2) is 9.78 Å². The van der Waals surface area contributed by atoms with E-state index in [1.165, 1.54) is 6.42 Å². The van der Waals surface area contributed by atoms with Crippen molar-refractivity contribution in [1.29, 1.82) is 0 Å². The van der Waals surface area contributed by atoms with Crippen molar-refractivity contribution in [2.24, 2.45) is 5.92 Å². The second-order valence-electron chi connectivity index (χ2n) is 11.0. The summed E-state index contributed by atoms with van der Waals surface area (Å²) in [5.74, 6) is 1.15. The van der Waals surface area contributed by atoms with E-state index in [4.69, 9.17) is 14.1 Å². The van der Waals surface area contributed by atoms with Crippen molar-refractivity contribution >= 4 is 17.1 Å². The number of rotatable bonds is 6. The molecule has 184 valence electrons. The average molecular weight is 475 g/mol. The molecule has 6 nitrogen and oxygen atoms in total. The van der Waals surface area contributed by atoms with Crippen LogP contribution in [0.3, 0.4) is 0 Å². The molecule has 4 fully saturated rings. The van der Waals surface area contributed by atoms with Crippen molar-refractivity contribution in [1.82, 2.24) is 9.88 Å². The molecule has 0 radical (unpaired) electrons. The smallest absolute Gasteiger partial charge is 0.331 e. The molecule has 4 saturated heterocycles. The number of benzene rings is 2. The standard InChI is InChI=1S/C29H36N3O3/c1-29(23-10-4-2-5-11-23,31-16-8-3-9-17-31)28(33)35-26-20-32(18-14-22(26)15-19-32)21-27-30-24-12-6-7-13-25(24)34-27/h2,4-7,10-13,22,26H,3,8-9,14-21H2,1H3/q+1/t22?,26-,29-,32?/m0/s1. The van der Waals surface area contributed by atoms with Crippen LogP contribution in [0.5, 0.6) is 0 Å². The highest BCUT2D eigenvalue weighted by molar-refractivity contribution is 5.82. The van der Waals surface area contributed by atoms with Gasteiger partial charge in [0.25, 0.3) is 5.89 Å². The number of quaternary nitrogens is 1. The minimum Gasteiger partial charge on any atom is -0.454 e. The molecular weight excluding hydrogens is 438 g/mol. The van der Waals surface area contributed by atoms with Gasteiger partial charge in [0.1, 0.15) is 17.6 Å². The van der Waals surface area contributed by atoms with E-state index in [2.05, 4.69) is 24.0 Å². The number of likely N-dealkylation sites (tertiary alicyclic amines) is 1. The summed E-state index contributed by atoms with van der Waals surface area (Å²) >= 11 is 0. The Hall–Kier alpha value is -2.70. The summed E-state index contributed by atoms with van der Waals surface area (Å²) in [5.41, 5.74) is 2.04. The van der Waals surface area contributed by atoms with Gasteiger partial charge in [0.05, 0.1) is 13.1 Å². The lowest BCUT2D eigenvalue weighted by Crippen LogP contribution is -2.64. The largest absolute Gasteiger partial charge is 0.454 e. The number of carbonyl (C=O) groups is 1. The molecular formula is C29H36N3O3+. The Bertz CT molecular complexity index is 1150. The molecule has 7 rings (SSSR count). The summed E-state index contributed by atoms with van der Waals surface area (Å²) in [4.78, 5) is 21.1. The zero-order valence-corrected chi connectivity index (χ0v) is 20.7. The maximum absolute atomic E-state index is 14.0. The first-order chi connectivity index (χ1) is 17.1. The zero-order chi connectivity index (χ0) is 23.9. The lowest BCUT2D eigenvalue weighted by molar-refractivity contribution is -0.959. The van der Waals surface area contributed by atoms with E-state index in [9.17, 15) is 4.79 Å². The molecule has 3 aromatic rings. The second-order valence-corrected chi connectivity index (χ2v) is 11.0. The minimum atomic E-state index is -0.751. The van der Waals surface area contributed by atoms with Crippen LogP contribution >= 0.6 is 0 Å². The normalized spacial score (nSPS) is 28.6. The highest BCUT2D eigenvalue weighted by atomic mass is 16.5. The second kappa shape index (κ2) is 9.07. The molecule has 6 heteroatoms. The summed E-state index contributed by atoms with van der Waals surface area (Å²) in [6.45, 7) is 7.75. The Kier molecular flexibility index (Phi) is 5.89. The monoisotopic (exact) mass is 474 g/mol. The number of esters is 1. The SMILES string of the molecule is C[C@@](C(=O)O[C@H]1C[N+]2(Cc3nc4ccccc4o3)CCC1CC2)(c1ccccc1)N1CCCCC1. The van der Waals surface area contributed by atoms with E-state index in [-0.39, 0.29) is 12.1 Å². The highest BCUT2D eigenvalue weighted by Gasteiger charge is 2.51. The highest BCUT2D eigenvalue weighted by Crippen LogP contribution is 2.39. The Morgan fingerprint density at radius 2 is 1.77 bits per heavy atom. The van der Waals surface area contributed by atoms with Crippen molar-refractivity contribution < 1.29 is 18.4 Å². The fraction of sp³-hybridized carbons (Fsp3) is 0.517. The van der Waals surface area contributed by atoms with Gasteiger partial charge in [-0.05, 0) is 50.6 Å². The van der Waals surface area contributed by atoms with Crippen molar-refractivity contribution in [2.75, 3.05) is 32.7 Å². The fourth-order valence-corrected chi connectivity index (χ4v) is 6.64. The zero-order valence-electron chi connectivity index (χ0n) is 20.7. The van der Waals surface area contributed by atoms with Gasteiger partial charge in [0.2, 0.25) is 0 Å². The Labute approximate surface area is 207 Å². The molecule has 0 N–H and O–H groups in total. The molecule has 0 aliphatic carbocycles. The third kappa shape index (κ3) is 4.17. The lowest BCUT2D eigenvalue weighted by atomic mass is 9.82. The van der Waals surface area contributed by atoms with Gasteiger partial charge in [-0.15, -0.1) is 0 Å². The van der Waals surface area contributed by atoms with Crippen LogP contribution in [0.1, 0.15) is 50.5 Å².